The molecule has 1 unspecified atom stereocenters. The quantitative estimate of drug-likeness (QED) is 0.491. The molecule has 1 saturated heterocycles. The molecule has 1 aliphatic heterocycles. The van der Waals surface area contributed by atoms with Crippen LogP contribution in [0, 0.1) is 13.8 Å². The zero-order valence-corrected chi connectivity index (χ0v) is 16.1. The van der Waals surface area contributed by atoms with Crippen molar-refractivity contribution >= 4 is 23.8 Å². The topological polar surface area (TPSA) is 21.8 Å². The molecule has 4 rings (SSSR count). The van der Waals surface area contributed by atoms with Crippen molar-refractivity contribution in [1.29, 1.82) is 0 Å². The Morgan fingerprint density at radius 1 is 0.769 bits per heavy atom. The van der Waals surface area contributed by atoms with Gasteiger partial charge >= 0.3 is 0 Å². The molecule has 1 atom stereocenters. The Bertz CT molecular complexity index is 805. The lowest BCUT2D eigenvalue weighted by molar-refractivity contribution is 0.263. The van der Waals surface area contributed by atoms with Crippen LogP contribution in [0.5, 0.6) is 5.75 Å². The normalized spacial score (nSPS) is 15.9. The van der Waals surface area contributed by atoms with Gasteiger partial charge in [-0.3, -0.25) is 0 Å². The Morgan fingerprint density at radius 3 is 1.62 bits per heavy atom. The summed E-state index contributed by atoms with van der Waals surface area (Å²) < 4.78 is 11.0. The fraction of sp³-hybridized carbons (Fsp3) is 0.217. The molecular formula is C23H23O2P. The van der Waals surface area contributed by atoms with Gasteiger partial charge in [0.2, 0.25) is 0 Å². The van der Waals surface area contributed by atoms with Crippen LogP contribution in [0.1, 0.15) is 11.1 Å². The molecule has 3 aromatic rings. The minimum atomic E-state index is -0.573. The van der Waals surface area contributed by atoms with Gasteiger partial charge in [0.15, 0.2) is 0 Å². The fourth-order valence-electron chi connectivity index (χ4n) is 2.88. The molecule has 0 radical (unpaired) electrons. The zero-order chi connectivity index (χ0) is 17.9. The number of ether oxygens (including phenoxy) is 2. The van der Waals surface area contributed by atoms with Crippen LogP contribution < -0.4 is 20.7 Å². The van der Waals surface area contributed by atoms with E-state index in [0.717, 1.165) is 12.4 Å². The van der Waals surface area contributed by atoms with Crippen LogP contribution in [0.15, 0.2) is 72.8 Å². The van der Waals surface area contributed by atoms with Gasteiger partial charge in [0, 0.05) is 0 Å². The van der Waals surface area contributed by atoms with Crippen molar-refractivity contribution in [3.63, 3.8) is 0 Å². The SMILES string of the molecule is Cc1ccc(P(c2ccc(C)cc2)c2ccc(OCC3CO3)cc2)cc1. The molecule has 0 amide bonds. The van der Waals surface area contributed by atoms with Crippen LogP contribution in [0.2, 0.25) is 0 Å². The molecule has 0 bridgehead atoms. The minimum absolute atomic E-state index is 0.284. The summed E-state index contributed by atoms with van der Waals surface area (Å²) in [6, 6.07) is 26.4. The van der Waals surface area contributed by atoms with E-state index in [1.54, 1.807) is 0 Å². The van der Waals surface area contributed by atoms with Gasteiger partial charge in [0.25, 0.3) is 0 Å². The number of aryl methyl sites for hydroxylation is 2. The van der Waals surface area contributed by atoms with Gasteiger partial charge in [0.05, 0.1) is 6.61 Å². The average molecular weight is 362 g/mol. The molecule has 2 nitrogen and oxygen atoms in total. The summed E-state index contributed by atoms with van der Waals surface area (Å²) in [4.78, 5) is 0. The van der Waals surface area contributed by atoms with Gasteiger partial charge in [-0.25, -0.2) is 0 Å². The number of hydrogen-bond donors (Lipinski definition) is 0. The van der Waals surface area contributed by atoms with Gasteiger partial charge in [-0.1, -0.05) is 71.8 Å². The predicted molar refractivity (Wildman–Crippen MR) is 110 cm³/mol. The highest BCUT2D eigenvalue weighted by atomic mass is 31.1. The second kappa shape index (κ2) is 7.61. The van der Waals surface area contributed by atoms with E-state index in [9.17, 15) is 0 Å². The van der Waals surface area contributed by atoms with Crippen molar-refractivity contribution in [3.05, 3.63) is 83.9 Å². The first-order chi connectivity index (χ1) is 12.7. The second-order valence-electron chi connectivity index (χ2n) is 6.77. The number of epoxide rings is 1. The van der Waals surface area contributed by atoms with Crippen LogP contribution in [-0.2, 0) is 4.74 Å². The molecule has 26 heavy (non-hydrogen) atoms. The molecule has 3 aromatic carbocycles. The Balaban J connectivity index is 1.65. The molecular weight excluding hydrogens is 339 g/mol. The van der Waals surface area contributed by atoms with Gasteiger partial charge in [-0.2, -0.15) is 0 Å². The third kappa shape index (κ3) is 4.15. The van der Waals surface area contributed by atoms with E-state index < -0.39 is 7.92 Å². The number of rotatable bonds is 6. The Hall–Kier alpha value is -2.15. The number of benzene rings is 3. The van der Waals surface area contributed by atoms with Crippen molar-refractivity contribution in [3.8, 4) is 5.75 Å². The van der Waals surface area contributed by atoms with Crippen LogP contribution in [0.4, 0.5) is 0 Å². The van der Waals surface area contributed by atoms with E-state index in [2.05, 4.69) is 86.6 Å². The van der Waals surface area contributed by atoms with Crippen LogP contribution in [-0.4, -0.2) is 19.3 Å². The van der Waals surface area contributed by atoms with Gasteiger partial charge in [-0.05, 0) is 49.8 Å². The molecule has 132 valence electrons. The van der Waals surface area contributed by atoms with Crippen molar-refractivity contribution in [2.45, 2.75) is 20.0 Å². The maximum absolute atomic E-state index is 5.79. The Morgan fingerprint density at radius 2 is 1.19 bits per heavy atom. The van der Waals surface area contributed by atoms with Crippen molar-refractivity contribution in [2.75, 3.05) is 13.2 Å². The highest BCUT2D eigenvalue weighted by molar-refractivity contribution is 7.79. The van der Waals surface area contributed by atoms with E-state index in [4.69, 9.17) is 9.47 Å². The molecule has 1 heterocycles. The summed E-state index contributed by atoms with van der Waals surface area (Å²) in [5.74, 6) is 0.909. The lowest BCUT2D eigenvalue weighted by Gasteiger charge is -2.20. The summed E-state index contributed by atoms with van der Waals surface area (Å²) in [6.45, 7) is 5.73. The van der Waals surface area contributed by atoms with Crippen LogP contribution >= 0.6 is 7.92 Å². The summed E-state index contributed by atoms with van der Waals surface area (Å²) in [5, 5.41) is 4.08. The summed E-state index contributed by atoms with van der Waals surface area (Å²) in [6.07, 6.45) is 0.284. The first-order valence-corrected chi connectivity index (χ1v) is 10.3. The lowest BCUT2D eigenvalue weighted by Crippen LogP contribution is -2.20. The number of hydrogen-bond acceptors (Lipinski definition) is 2. The molecule has 0 N–H and O–H groups in total. The van der Waals surface area contributed by atoms with Crippen LogP contribution in [0.3, 0.4) is 0 Å². The highest BCUT2D eigenvalue weighted by Gasteiger charge is 2.23. The smallest absolute Gasteiger partial charge is 0.119 e. The maximum atomic E-state index is 5.79. The predicted octanol–water partition coefficient (Wildman–Crippen LogP) is 3.84. The van der Waals surface area contributed by atoms with Crippen molar-refractivity contribution < 1.29 is 9.47 Å². The summed E-state index contributed by atoms with van der Waals surface area (Å²) in [7, 11) is -0.573. The Labute approximate surface area is 156 Å². The standard InChI is InChI=1S/C23H23O2P/c1-17-3-9-21(10-4-17)26(22-11-5-18(2)6-12-22)23-13-7-19(8-14-23)24-15-20-16-25-20/h3-14,20H,15-16H2,1-2H3. The molecule has 1 fully saturated rings. The molecule has 3 heteroatoms. The van der Waals surface area contributed by atoms with Crippen molar-refractivity contribution in [1.82, 2.24) is 0 Å². The van der Waals surface area contributed by atoms with Gasteiger partial charge in [0.1, 0.15) is 18.5 Å². The largest absolute Gasteiger partial charge is 0.491 e. The molecule has 0 aliphatic carbocycles. The molecule has 0 spiro atoms. The first kappa shape index (κ1) is 17.3. The first-order valence-electron chi connectivity index (χ1n) is 8.97. The third-order valence-electron chi connectivity index (χ3n) is 4.52. The minimum Gasteiger partial charge on any atom is -0.491 e. The molecule has 0 saturated carbocycles. The van der Waals surface area contributed by atoms with Crippen molar-refractivity contribution in [2.24, 2.45) is 0 Å². The average Bonchev–Trinajstić information content (AvgIpc) is 3.49. The monoisotopic (exact) mass is 362 g/mol. The summed E-state index contributed by atoms with van der Waals surface area (Å²) >= 11 is 0. The maximum Gasteiger partial charge on any atom is 0.119 e. The Kier molecular flexibility index (Phi) is 5.06. The summed E-state index contributed by atoms with van der Waals surface area (Å²) in [5.41, 5.74) is 2.58. The van der Waals surface area contributed by atoms with E-state index in [0.29, 0.717) is 6.61 Å². The van der Waals surface area contributed by atoms with E-state index in [1.165, 1.54) is 27.0 Å². The highest BCUT2D eigenvalue weighted by Crippen LogP contribution is 2.33. The van der Waals surface area contributed by atoms with Gasteiger partial charge < -0.3 is 9.47 Å². The van der Waals surface area contributed by atoms with E-state index in [1.807, 2.05) is 0 Å². The zero-order valence-electron chi connectivity index (χ0n) is 15.2. The lowest BCUT2D eigenvalue weighted by atomic mass is 10.2. The molecule has 1 aliphatic rings. The third-order valence-corrected chi connectivity index (χ3v) is 6.96. The van der Waals surface area contributed by atoms with Crippen LogP contribution in [0.25, 0.3) is 0 Å². The van der Waals surface area contributed by atoms with E-state index in [-0.39, 0.29) is 6.10 Å². The van der Waals surface area contributed by atoms with E-state index >= 15 is 0 Å². The fourth-order valence-corrected chi connectivity index (χ4v) is 5.12. The van der Waals surface area contributed by atoms with Gasteiger partial charge in [-0.15, -0.1) is 0 Å². The second-order valence-corrected chi connectivity index (χ2v) is 8.99. The molecule has 0 aromatic heterocycles.